The van der Waals surface area contributed by atoms with Crippen LogP contribution in [0, 0.1) is 0 Å². The van der Waals surface area contributed by atoms with E-state index in [0.717, 1.165) is 11.8 Å². The molecule has 0 saturated carbocycles. The number of aromatic nitrogens is 3. The number of anilines is 1. The summed E-state index contributed by atoms with van der Waals surface area (Å²) in [7, 11) is 2.73. The molecule has 1 aromatic rings. The van der Waals surface area contributed by atoms with Gasteiger partial charge in [-0.1, -0.05) is 11.8 Å². The zero-order chi connectivity index (χ0) is 11.3. The molecule has 15 heavy (non-hydrogen) atoms. The lowest BCUT2D eigenvalue weighted by Crippen LogP contribution is -2.06. The van der Waals surface area contributed by atoms with Gasteiger partial charge in [-0.3, -0.25) is 4.79 Å². The van der Waals surface area contributed by atoms with Crippen molar-refractivity contribution in [3.8, 4) is 6.01 Å². The summed E-state index contributed by atoms with van der Waals surface area (Å²) in [5.74, 6) is -0.199. The van der Waals surface area contributed by atoms with E-state index in [4.69, 9.17) is 10.5 Å². The van der Waals surface area contributed by atoms with Crippen LogP contribution < -0.4 is 10.5 Å². The zero-order valence-electron chi connectivity index (χ0n) is 8.26. The van der Waals surface area contributed by atoms with Crippen LogP contribution in [-0.2, 0) is 9.53 Å². The van der Waals surface area contributed by atoms with Gasteiger partial charge in [-0.25, -0.2) is 0 Å². The molecule has 7 nitrogen and oxygen atoms in total. The Morgan fingerprint density at radius 3 is 2.73 bits per heavy atom. The van der Waals surface area contributed by atoms with Crippen LogP contribution in [0.4, 0.5) is 5.95 Å². The maximum atomic E-state index is 10.8. The maximum absolute atomic E-state index is 10.8. The highest BCUT2D eigenvalue weighted by molar-refractivity contribution is 7.99. The standard InChI is InChI=1S/C7H10N4O3S/c1-13-4(12)3-15-7-10-5(8)9-6(11-7)14-2/h3H2,1-2H3,(H2,8,9,10,11). The number of carbonyl (C=O) groups excluding carboxylic acids is 1. The molecule has 1 aromatic heterocycles. The molecule has 1 rings (SSSR count). The molecule has 0 unspecified atom stereocenters. The van der Waals surface area contributed by atoms with Crippen molar-refractivity contribution in [2.45, 2.75) is 5.16 Å². The first kappa shape index (κ1) is 11.5. The first-order valence-electron chi connectivity index (χ1n) is 3.91. The highest BCUT2D eigenvalue weighted by Gasteiger charge is 2.08. The minimum absolute atomic E-state index is 0.0502. The summed E-state index contributed by atoms with van der Waals surface area (Å²) in [6.45, 7) is 0. The zero-order valence-corrected chi connectivity index (χ0v) is 9.08. The van der Waals surface area contributed by atoms with Crippen LogP contribution >= 0.6 is 11.8 Å². The van der Waals surface area contributed by atoms with Gasteiger partial charge in [-0.15, -0.1) is 0 Å². The summed E-state index contributed by atoms with van der Waals surface area (Å²) in [5.41, 5.74) is 5.40. The Labute approximate surface area is 90.4 Å². The Bertz CT molecular complexity index is 360. The van der Waals surface area contributed by atoms with Crippen LogP contribution in [0.15, 0.2) is 5.16 Å². The van der Waals surface area contributed by atoms with Crippen molar-refractivity contribution in [3.63, 3.8) is 0 Å². The smallest absolute Gasteiger partial charge is 0.321 e. The van der Waals surface area contributed by atoms with E-state index < -0.39 is 0 Å². The molecule has 82 valence electrons. The van der Waals surface area contributed by atoms with Crippen molar-refractivity contribution in [1.82, 2.24) is 15.0 Å². The van der Waals surface area contributed by atoms with Crippen molar-refractivity contribution < 1.29 is 14.3 Å². The highest BCUT2D eigenvalue weighted by atomic mass is 32.2. The van der Waals surface area contributed by atoms with Gasteiger partial charge in [0.25, 0.3) is 0 Å². The molecular weight excluding hydrogens is 220 g/mol. The van der Waals surface area contributed by atoms with E-state index in [9.17, 15) is 4.79 Å². The third kappa shape index (κ3) is 3.58. The number of rotatable bonds is 4. The van der Waals surface area contributed by atoms with Gasteiger partial charge in [0.1, 0.15) is 0 Å². The monoisotopic (exact) mass is 230 g/mol. The van der Waals surface area contributed by atoms with Crippen LogP contribution in [0.5, 0.6) is 6.01 Å². The largest absolute Gasteiger partial charge is 0.468 e. The molecule has 2 N–H and O–H groups in total. The van der Waals surface area contributed by atoms with Crippen molar-refractivity contribution >= 4 is 23.7 Å². The third-order valence-corrected chi connectivity index (χ3v) is 2.16. The number of hydrogen-bond acceptors (Lipinski definition) is 8. The van der Waals surface area contributed by atoms with E-state index in [2.05, 4.69) is 19.7 Å². The van der Waals surface area contributed by atoms with Crippen molar-refractivity contribution in [2.24, 2.45) is 0 Å². The Balaban J connectivity index is 2.68. The number of hydrogen-bond donors (Lipinski definition) is 1. The first-order valence-corrected chi connectivity index (χ1v) is 4.89. The molecule has 0 aromatic carbocycles. The number of methoxy groups -OCH3 is 2. The highest BCUT2D eigenvalue weighted by Crippen LogP contribution is 2.15. The van der Waals surface area contributed by atoms with Gasteiger partial charge in [-0.2, -0.15) is 15.0 Å². The fourth-order valence-corrected chi connectivity index (χ4v) is 1.36. The van der Waals surface area contributed by atoms with E-state index in [1.807, 2.05) is 0 Å². The molecule has 0 saturated heterocycles. The van der Waals surface area contributed by atoms with E-state index in [-0.39, 0.29) is 23.7 Å². The summed E-state index contributed by atoms with van der Waals surface area (Å²) in [4.78, 5) is 22.3. The molecule has 0 atom stereocenters. The fraction of sp³-hybridized carbons (Fsp3) is 0.429. The molecule has 0 spiro atoms. The number of ether oxygens (including phenoxy) is 2. The molecule has 0 aliphatic rings. The Hall–Kier alpha value is -1.57. The lowest BCUT2D eigenvalue weighted by atomic mass is 10.8. The van der Waals surface area contributed by atoms with Crippen molar-refractivity contribution in [2.75, 3.05) is 25.7 Å². The van der Waals surface area contributed by atoms with E-state index in [1.54, 1.807) is 0 Å². The number of esters is 1. The molecule has 0 aliphatic heterocycles. The molecular formula is C7H10N4O3S. The van der Waals surface area contributed by atoms with Crippen LogP contribution in [0.2, 0.25) is 0 Å². The average Bonchev–Trinajstić information content (AvgIpc) is 2.25. The molecule has 8 heteroatoms. The summed E-state index contributed by atoms with van der Waals surface area (Å²) < 4.78 is 9.26. The van der Waals surface area contributed by atoms with Gasteiger partial charge in [0.2, 0.25) is 5.95 Å². The lowest BCUT2D eigenvalue weighted by molar-refractivity contribution is -0.137. The minimum atomic E-state index is -0.363. The van der Waals surface area contributed by atoms with Crippen molar-refractivity contribution in [3.05, 3.63) is 0 Å². The summed E-state index contributed by atoms with van der Waals surface area (Å²) in [5, 5.41) is 0.324. The molecule has 0 radical (unpaired) electrons. The van der Waals surface area contributed by atoms with Crippen LogP contribution in [0.1, 0.15) is 0 Å². The quantitative estimate of drug-likeness (QED) is 0.557. The van der Waals surface area contributed by atoms with Crippen LogP contribution in [0.25, 0.3) is 0 Å². The maximum Gasteiger partial charge on any atom is 0.321 e. The molecule has 0 aliphatic carbocycles. The Kier molecular flexibility index (Phi) is 4.10. The second-order valence-electron chi connectivity index (χ2n) is 2.33. The first-order chi connectivity index (χ1) is 7.15. The van der Waals surface area contributed by atoms with Crippen molar-refractivity contribution in [1.29, 1.82) is 0 Å². The summed E-state index contributed by atoms with van der Waals surface area (Å²) in [6.07, 6.45) is 0. The molecule has 1 heterocycles. The number of nitrogens with zero attached hydrogens (tertiary/aromatic N) is 3. The van der Waals surface area contributed by atoms with Gasteiger partial charge < -0.3 is 15.2 Å². The van der Waals surface area contributed by atoms with Gasteiger partial charge >= 0.3 is 12.0 Å². The Morgan fingerprint density at radius 1 is 1.40 bits per heavy atom. The van der Waals surface area contributed by atoms with Gasteiger partial charge in [0, 0.05) is 0 Å². The molecule has 0 amide bonds. The Morgan fingerprint density at radius 2 is 2.13 bits per heavy atom. The third-order valence-electron chi connectivity index (χ3n) is 1.34. The van der Waals surface area contributed by atoms with Gasteiger partial charge in [0.15, 0.2) is 5.16 Å². The van der Waals surface area contributed by atoms with Crippen LogP contribution in [0.3, 0.4) is 0 Å². The summed E-state index contributed by atoms with van der Waals surface area (Å²) >= 11 is 1.10. The SMILES string of the molecule is COC(=O)CSc1nc(N)nc(OC)n1. The number of nitrogen functional groups attached to an aromatic ring is 1. The van der Waals surface area contributed by atoms with Gasteiger partial charge in [-0.05, 0) is 0 Å². The summed E-state index contributed by atoms with van der Waals surface area (Å²) in [6, 6.07) is 0.120. The predicted octanol–water partition coefficient (Wildman–Crippen LogP) is -0.273. The van der Waals surface area contributed by atoms with Gasteiger partial charge in [0.05, 0.1) is 20.0 Å². The number of nitrogens with two attached hydrogens (primary N) is 1. The molecule has 0 fully saturated rings. The van der Waals surface area contributed by atoms with E-state index in [1.165, 1.54) is 14.2 Å². The lowest BCUT2D eigenvalue weighted by Gasteiger charge is -2.02. The minimum Gasteiger partial charge on any atom is -0.468 e. The number of thioether (sulfide) groups is 1. The van der Waals surface area contributed by atoms with E-state index >= 15 is 0 Å². The second kappa shape index (κ2) is 5.35. The topological polar surface area (TPSA) is 100 Å². The second-order valence-corrected chi connectivity index (χ2v) is 3.27. The van der Waals surface area contributed by atoms with Crippen LogP contribution in [-0.4, -0.2) is 40.9 Å². The fourth-order valence-electron chi connectivity index (χ4n) is 0.691. The van der Waals surface area contributed by atoms with E-state index in [0.29, 0.717) is 5.16 Å². The average molecular weight is 230 g/mol. The normalized spacial score (nSPS) is 9.73. The number of carbonyl (C=O) groups is 1. The predicted molar refractivity (Wildman–Crippen MR) is 53.5 cm³/mol. The molecule has 0 bridgehead atoms.